The van der Waals surface area contributed by atoms with Gasteiger partial charge in [0.2, 0.25) is 0 Å². The molecule has 0 aliphatic heterocycles. The van der Waals surface area contributed by atoms with Gasteiger partial charge in [0.05, 0.1) is 10.1 Å². The number of rotatable bonds is 3. The zero-order valence-electron chi connectivity index (χ0n) is 9.07. The number of sulfone groups is 1. The Morgan fingerprint density at radius 3 is 2.07 bits per heavy atom. The maximum absolute atomic E-state index is 11.4. The van der Waals surface area contributed by atoms with Crippen LogP contribution in [0.25, 0.3) is 0 Å². The van der Waals surface area contributed by atoms with Gasteiger partial charge in [-0.2, -0.15) is 0 Å². The van der Waals surface area contributed by atoms with Gasteiger partial charge in [0.1, 0.15) is 0 Å². The average Bonchev–Trinajstić information content (AvgIpc) is 2.15. The number of benzene rings is 1. The second-order valence-corrected chi connectivity index (χ2v) is 7.24. The molecule has 1 aromatic rings. The Morgan fingerprint density at radius 2 is 1.67 bits per heavy atom. The van der Waals surface area contributed by atoms with Crippen LogP contribution in [0.2, 0.25) is 0 Å². The highest BCUT2D eigenvalue weighted by molar-refractivity contribution is 9.09. The van der Waals surface area contributed by atoms with Gasteiger partial charge < -0.3 is 0 Å². The van der Waals surface area contributed by atoms with Crippen molar-refractivity contribution in [1.29, 1.82) is 0 Å². The minimum absolute atomic E-state index is 0.145. The van der Waals surface area contributed by atoms with Crippen LogP contribution < -0.4 is 0 Å². The first-order valence-electron chi connectivity index (χ1n) is 4.72. The summed E-state index contributed by atoms with van der Waals surface area (Å²) < 4.78 is 22.8. The van der Waals surface area contributed by atoms with Gasteiger partial charge in [-0.05, 0) is 19.4 Å². The minimum atomic E-state index is -3.01. The van der Waals surface area contributed by atoms with E-state index in [4.69, 9.17) is 0 Å². The van der Waals surface area contributed by atoms with Crippen molar-refractivity contribution in [2.75, 3.05) is 6.26 Å². The summed E-state index contributed by atoms with van der Waals surface area (Å²) in [6.07, 6.45) is 1.26. The number of hydrogen-bond donors (Lipinski definition) is 0. The van der Waals surface area contributed by atoms with Gasteiger partial charge >= 0.3 is 0 Å². The van der Waals surface area contributed by atoms with Crippen molar-refractivity contribution in [3.63, 3.8) is 0 Å². The molecular formula is C11H15BrO2S. The minimum Gasteiger partial charge on any atom is -0.229 e. The van der Waals surface area contributed by atoms with E-state index >= 15 is 0 Å². The summed E-state index contributed by atoms with van der Waals surface area (Å²) in [6.45, 7) is 3.72. The number of aryl methyl sites for hydroxylation is 1. The number of halogens is 1. The van der Waals surface area contributed by atoms with Crippen LogP contribution in [0.5, 0.6) is 0 Å². The second-order valence-electron chi connectivity index (χ2n) is 3.85. The molecule has 0 fully saturated rings. The molecule has 0 aliphatic rings. The van der Waals surface area contributed by atoms with E-state index < -0.39 is 15.1 Å². The highest BCUT2D eigenvalue weighted by Gasteiger charge is 2.24. The van der Waals surface area contributed by atoms with Crippen molar-refractivity contribution in [1.82, 2.24) is 0 Å². The fourth-order valence-corrected chi connectivity index (χ4v) is 3.31. The molecule has 1 aromatic carbocycles. The first kappa shape index (κ1) is 12.7. The van der Waals surface area contributed by atoms with Gasteiger partial charge in [-0.15, -0.1) is 0 Å². The number of alkyl halides is 1. The molecule has 1 rings (SSSR count). The molecule has 0 amide bonds. The fourth-order valence-electron chi connectivity index (χ4n) is 1.24. The molecule has 2 nitrogen and oxygen atoms in total. The van der Waals surface area contributed by atoms with Gasteiger partial charge in [0.15, 0.2) is 9.84 Å². The van der Waals surface area contributed by atoms with Crippen molar-refractivity contribution in [2.24, 2.45) is 0 Å². The highest BCUT2D eigenvalue weighted by Crippen LogP contribution is 2.30. The third-order valence-electron chi connectivity index (χ3n) is 2.48. The molecule has 2 atom stereocenters. The first-order valence-corrected chi connectivity index (χ1v) is 7.59. The van der Waals surface area contributed by atoms with Crippen LogP contribution in [-0.2, 0) is 9.84 Å². The molecule has 0 radical (unpaired) electrons. The lowest BCUT2D eigenvalue weighted by atomic mass is 10.1. The van der Waals surface area contributed by atoms with Crippen molar-refractivity contribution >= 4 is 25.8 Å². The van der Waals surface area contributed by atoms with Crippen LogP contribution in [-0.4, -0.2) is 19.9 Å². The molecular weight excluding hydrogens is 276 g/mol. The van der Waals surface area contributed by atoms with Crippen molar-refractivity contribution < 1.29 is 8.42 Å². The standard InChI is InChI=1S/C11H15BrO2S/c1-8-4-6-10(7-5-8)11(12)9(2)15(3,13)14/h4-7,9,11H,1-3H3. The van der Waals surface area contributed by atoms with Gasteiger partial charge in [0, 0.05) is 6.26 Å². The molecule has 0 saturated carbocycles. The van der Waals surface area contributed by atoms with Gasteiger partial charge in [0.25, 0.3) is 0 Å². The van der Waals surface area contributed by atoms with E-state index in [1.54, 1.807) is 6.92 Å². The van der Waals surface area contributed by atoms with Crippen LogP contribution in [0, 0.1) is 6.92 Å². The Morgan fingerprint density at radius 1 is 1.20 bits per heavy atom. The molecule has 84 valence electrons. The average molecular weight is 291 g/mol. The molecule has 15 heavy (non-hydrogen) atoms. The fraction of sp³-hybridized carbons (Fsp3) is 0.455. The van der Waals surface area contributed by atoms with E-state index in [1.807, 2.05) is 31.2 Å². The summed E-state index contributed by atoms with van der Waals surface area (Å²) in [7, 11) is -3.01. The number of hydrogen-bond acceptors (Lipinski definition) is 2. The summed E-state index contributed by atoms with van der Waals surface area (Å²) in [4.78, 5) is -0.145. The highest BCUT2D eigenvalue weighted by atomic mass is 79.9. The van der Waals surface area contributed by atoms with Gasteiger partial charge in [-0.1, -0.05) is 45.8 Å². The lowest BCUT2D eigenvalue weighted by Crippen LogP contribution is -2.20. The largest absolute Gasteiger partial charge is 0.229 e. The Balaban J connectivity index is 2.95. The van der Waals surface area contributed by atoms with Crippen molar-refractivity contribution in [2.45, 2.75) is 23.9 Å². The van der Waals surface area contributed by atoms with Gasteiger partial charge in [-0.25, -0.2) is 8.42 Å². The van der Waals surface area contributed by atoms with Crippen LogP contribution in [0.4, 0.5) is 0 Å². The molecule has 2 unspecified atom stereocenters. The molecule has 0 bridgehead atoms. The Labute approximate surface area is 99.7 Å². The predicted molar refractivity (Wildman–Crippen MR) is 67.2 cm³/mol. The van der Waals surface area contributed by atoms with E-state index in [0.29, 0.717) is 0 Å². The van der Waals surface area contributed by atoms with Crippen LogP contribution >= 0.6 is 15.9 Å². The zero-order chi connectivity index (χ0) is 11.6. The van der Waals surface area contributed by atoms with Crippen molar-refractivity contribution in [3.8, 4) is 0 Å². The summed E-state index contributed by atoms with van der Waals surface area (Å²) in [5.41, 5.74) is 2.17. The van der Waals surface area contributed by atoms with E-state index in [9.17, 15) is 8.42 Å². The van der Waals surface area contributed by atoms with Crippen LogP contribution in [0.1, 0.15) is 22.9 Å². The smallest absolute Gasteiger partial charge is 0.151 e. The van der Waals surface area contributed by atoms with E-state index in [0.717, 1.165) is 5.56 Å². The zero-order valence-corrected chi connectivity index (χ0v) is 11.5. The van der Waals surface area contributed by atoms with E-state index in [2.05, 4.69) is 15.9 Å². The predicted octanol–water partition coefficient (Wildman–Crippen LogP) is 2.86. The lowest BCUT2D eigenvalue weighted by molar-refractivity contribution is 0.588. The molecule has 0 saturated heterocycles. The topological polar surface area (TPSA) is 34.1 Å². The van der Waals surface area contributed by atoms with Crippen LogP contribution in [0.3, 0.4) is 0 Å². The van der Waals surface area contributed by atoms with E-state index in [1.165, 1.54) is 11.8 Å². The SMILES string of the molecule is Cc1ccc(C(Br)C(C)S(C)(=O)=O)cc1. The van der Waals surface area contributed by atoms with Gasteiger partial charge in [-0.3, -0.25) is 0 Å². The normalized spacial score (nSPS) is 16.0. The summed E-state index contributed by atoms with van der Waals surface area (Å²) in [5, 5.41) is -0.416. The molecule has 0 aromatic heterocycles. The summed E-state index contributed by atoms with van der Waals surface area (Å²) in [5.74, 6) is 0. The first-order chi connectivity index (χ1) is 6.82. The molecule has 4 heteroatoms. The monoisotopic (exact) mass is 290 g/mol. The Hall–Kier alpha value is -0.350. The molecule has 0 N–H and O–H groups in total. The molecule has 0 spiro atoms. The molecule has 0 aliphatic carbocycles. The maximum Gasteiger partial charge on any atom is 0.151 e. The Bertz CT molecular complexity index is 422. The molecule has 0 heterocycles. The Kier molecular flexibility index (Phi) is 3.95. The second kappa shape index (κ2) is 4.66. The maximum atomic E-state index is 11.4. The quantitative estimate of drug-likeness (QED) is 0.802. The third kappa shape index (κ3) is 3.31. The van der Waals surface area contributed by atoms with E-state index in [-0.39, 0.29) is 4.83 Å². The lowest BCUT2D eigenvalue weighted by Gasteiger charge is -2.17. The van der Waals surface area contributed by atoms with Crippen molar-refractivity contribution in [3.05, 3.63) is 35.4 Å². The summed E-state index contributed by atoms with van der Waals surface area (Å²) in [6, 6.07) is 7.88. The van der Waals surface area contributed by atoms with Crippen LogP contribution in [0.15, 0.2) is 24.3 Å². The third-order valence-corrected chi connectivity index (χ3v) is 5.78. The summed E-state index contributed by atoms with van der Waals surface area (Å²) >= 11 is 3.43.